The highest BCUT2D eigenvalue weighted by molar-refractivity contribution is 5.91. The summed E-state index contributed by atoms with van der Waals surface area (Å²) < 4.78 is 27.8. The molecule has 1 amide bonds. The molecule has 0 radical (unpaired) electrons. The zero-order chi connectivity index (χ0) is 22.5. The number of benzene rings is 1. The molecule has 0 unspecified atom stereocenters. The van der Waals surface area contributed by atoms with E-state index >= 15 is 0 Å². The number of amides is 1. The molecular weight excluding hydrogens is 412 g/mol. The van der Waals surface area contributed by atoms with Crippen LogP contribution in [0.1, 0.15) is 12.5 Å². The molecule has 1 aromatic carbocycles. The maximum absolute atomic E-state index is 14.5. The number of rotatable bonds is 6. The number of likely N-dealkylation sites (N-methyl/N-ethyl adjacent to an activating group) is 1. The number of nitrogens with zero attached hydrogens (tertiary/aromatic N) is 4. The van der Waals surface area contributed by atoms with Crippen LogP contribution in [0.15, 0.2) is 54.9 Å². The first-order valence-electron chi connectivity index (χ1n) is 10.7. The fourth-order valence-electron chi connectivity index (χ4n) is 3.81. The lowest BCUT2D eigenvalue weighted by molar-refractivity contribution is -0.115. The van der Waals surface area contributed by atoms with Crippen LogP contribution in [0.2, 0.25) is 0 Å². The Kier molecular flexibility index (Phi) is 6.70. The molecule has 0 saturated carbocycles. The molecule has 1 fully saturated rings. The number of anilines is 2. The molecule has 1 N–H and O–H groups in total. The van der Waals surface area contributed by atoms with Gasteiger partial charge in [0.1, 0.15) is 11.6 Å². The van der Waals surface area contributed by atoms with Crippen molar-refractivity contribution in [1.82, 2.24) is 14.9 Å². The minimum atomic E-state index is -0.674. The maximum Gasteiger partial charge on any atom is 0.229 e. The molecule has 0 bridgehead atoms. The summed E-state index contributed by atoms with van der Waals surface area (Å²) in [5.41, 5.74) is 2.20. The monoisotopic (exact) mass is 437 g/mol. The normalized spacial score (nSPS) is 14.4. The fraction of sp³-hybridized carbons (Fsp3) is 0.292. The van der Waals surface area contributed by atoms with E-state index in [0.29, 0.717) is 16.9 Å². The van der Waals surface area contributed by atoms with Crippen LogP contribution in [0.25, 0.3) is 11.1 Å². The highest BCUT2D eigenvalue weighted by atomic mass is 19.1. The Morgan fingerprint density at radius 2 is 1.84 bits per heavy atom. The quantitative estimate of drug-likeness (QED) is 0.596. The van der Waals surface area contributed by atoms with Gasteiger partial charge in [-0.05, 0) is 41.9 Å². The van der Waals surface area contributed by atoms with Gasteiger partial charge in [0.05, 0.1) is 18.3 Å². The summed E-state index contributed by atoms with van der Waals surface area (Å²) in [5.74, 6) is -1.03. The van der Waals surface area contributed by atoms with Crippen molar-refractivity contribution in [2.75, 3.05) is 42.9 Å². The number of hydrogen-bond donors (Lipinski definition) is 1. The minimum Gasteiger partial charge on any atom is -0.368 e. The van der Waals surface area contributed by atoms with Crippen molar-refractivity contribution in [2.24, 2.45) is 0 Å². The van der Waals surface area contributed by atoms with Crippen LogP contribution in [0.4, 0.5) is 20.3 Å². The molecule has 4 rings (SSSR count). The van der Waals surface area contributed by atoms with Crippen molar-refractivity contribution in [2.45, 2.75) is 13.3 Å². The Bertz CT molecular complexity index is 1080. The largest absolute Gasteiger partial charge is 0.368 e. The van der Waals surface area contributed by atoms with E-state index in [1.165, 1.54) is 30.5 Å². The van der Waals surface area contributed by atoms with E-state index in [9.17, 15) is 13.6 Å². The second-order valence-corrected chi connectivity index (χ2v) is 7.73. The Morgan fingerprint density at radius 1 is 1.03 bits per heavy atom. The second kappa shape index (κ2) is 9.82. The summed E-state index contributed by atoms with van der Waals surface area (Å²) in [5, 5.41) is 2.75. The van der Waals surface area contributed by atoms with Gasteiger partial charge in [0.2, 0.25) is 11.9 Å². The molecule has 8 heteroatoms. The Morgan fingerprint density at radius 3 is 2.50 bits per heavy atom. The van der Waals surface area contributed by atoms with Gasteiger partial charge in [0, 0.05) is 44.0 Å². The zero-order valence-electron chi connectivity index (χ0n) is 17.9. The molecule has 3 aromatic rings. The standard InChI is InChI=1S/C24H25F2N5O/c1-2-30-9-11-31(12-10-30)19-4-6-23(28-16-19)29-24(32)14-17-3-5-20(21(25)13-17)18-7-8-27-22(26)15-18/h3-8,13,15-16H,2,9-12,14H2,1H3,(H,28,29,32). The SMILES string of the molecule is CCN1CCN(c2ccc(NC(=O)Cc3ccc(-c4ccnc(F)c4)c(F)c3)nc2)CC1. The number of carbonyl (C=O) groups excluding carboxylic acids is 1. The first kappa shape index (κ1) is 21.8. The predicted octanol–water partition coefficient (Wildman–Crippen LogP) is 3.74. The Balaban J connectivity index is 1.35. The molecule has 1 saturated heterocycles. The molecule has 6 nitrogen and oxygen atoms in total. The number of aromatic nitrogens is 2. The van der Waals surface area contributed by atoms with Gasteiger partial charge < -0.3 is 15.1 Å². The summed E-state index contributed by atoms with van der Waals surface area (Å²) in [6.07, 6.45) is 3.05. The first-order chi connectivity index (χ1) is 15.5. The average Bonchev–Trinajstić information content (AvgIpc) is 2.80. The predicted molar refractivity (Wildman–Crippen MR) is 120 cm³/mol. The van der Waals surface area contributed by atoms with Crippen LogP contribution in [0, 0.1) is 11.8 Å². The van der Waals surface area contributed by atoms with Crippen LogP contribution < -0.4 is 10.2 Å². The van der Waals surface area contributed by atoms with E-state index in [-0.39, 0.29) is 17.9 Å². The van der Waals surface area contributed by atoms with Gasteiger partial charge in [-0.2, -0.15) is 4.39 Å². The lowest BCUT2D eigenvalue weighted by atomic mass is 10.0. The van der Waals surface area contributed by atoms with Gasteiger partial charge in [0.15, 0.2) is 0 Å². The van der Waals surface area contributed by atoms with E-state index < -0.39 is 11.8 Å². The molecule has 0 aliphatic carbocycles. The van der Waals surface area contributed by atoms with Crippen LogP contribution in [0.3, 0.4) is 0 Å². The summed E-state index contributed by atoms with van der Waals surface area (Å²) in [6, 6.07) is 10.9. The average molecular weight is 437 g/mol. The highest BCUT2D eigenvalue weighted by Gasteiger charge is 2.16. The summed E-state index contributed by atoms with van der Waals surface area (Å²) in [6.45, 7) is 7.19. The first-order valence-corrected chi connectivity index (χ1v) is 10.7. The third-order valence-corrected chi connectivity index (χ3v) is 5.64. The summed E-state index contributed by atoms with van der Waals surface area (Å²) >= 11 is 0. The maximum atomic E-state index is 14.5. The van der Waals surface area contributed by atoms with Crippen LogP contribution >= 0.6 is 0 Å². The van der Waals surface area contributed by atoms with Crippen molar-refractivity contribution in [3.63, 3.8) is 0 Å². The molecular formula is C24H25F2N5O. The summed E-state index contributed by atoms with van der Waals surface area (Å²) in [4.78, 5) is 24.9. The number of piperazine rings is 1. The molecule has 1 aliphatic rings. The molecule has 166 valence electrons. The van der Waals surface area contributed by atoms with E-state index in [1.807, 2.05) is 6.07 Å². The molecule has 2 aromatic heterocycles. The Hall–Kier alpha value is -3.39. The van der Waals surface area contributed by atoms with Crippen molar-refractivity contribution in [3.8, 4) is 11.1 Å². The van der Waals surface area contributed by atoms with Gasteiger partial charge in [-0.25, -0.2) is 14.4 Å². The third-order valence-electron chi connectivity index (χ3n) is 5.64. The van der Waals surface area contributed by atoms with Crippen molar-refractivity contribution in [3.05, 3.63) is 72.2 Å². The molecule has 0 atom stereocenters. The smallest absolute Gasteiger partial charge is 0.229 e. The molecule has 32 heavy (non-hydrogen) atoms. The zero-order valence-corrected chi connectivity index (χ0v) is 17.9. The lowest BCUT2D eigenvalue weighted by Crippen LogP contribution is -2.46. The molecule has 1 aliphatic heterocycles. The van der Waals surface area contributed by atoms with E-state index in [0.717, 1.165) is 38.4 Å². The second-order valence-electron chi connectivity index (χ2n) is 7.73. The van der Waals surface area contributed by atoms with Gasteiger partial charge in [0.25, 0.3) is 0 Å². The van der Waals surface area contributed by atoms with Gasteiger partial charge in [-0.3, -0.25) is 4.79 Å². The van der Waals surface area contributed by atoms with Crippen LogP contribution in [0.5, 0.6) is 0 Å². The van der Waals surface area contributed by atoms with Gasteiger partial charge in [-0.15, -0.1) is 0 Å². The van der Waals surface area contributed by atoms with E-state index in [4.69, 9.17) is 0 Å². The van der Waals surface area contributed by atoms with Crippen molar-refractivity contribution >= 4 is 17.4 Å². The van der Waals surface area contributed by atoms with E-state index in [2.05, 4.69) is 32.0 Å². The van der Waals surface area contributed by atoms with E-state index in [1.54, 1.807) is 18.3 Å². The number of nitrogens with one attached hydrogen (secondary N) is 1. The van der Waals surface area contributed by atoms with Crippen molar-refractivity contribution < 1.29 is 13.6 Å². The molecule has 0 spiro atoms. The van der Waals surface area contributed by atoms with Crippen LogP contribution in [-0.2, 0) is 11.2 Å². The van der Waals surface area contributed by atoms with Gasteiger partial charge >= 0.3 is 0 Å². The summed E-state index contributed by atoms with van der Waals surface area (Å²) in [7, 11) is 0. The van der Waals surface area contributed by atoms with Gasteiger partial charge in [-0.1, -0.05) is 19.1 Å². The lowest BCUT2D eigenvalue weighted by Gasteiger charge is -2.35. The number of halogens is 2. The Labute approximate surface area is 185 Å². The molecule has 3 heterocycles. The fourth-order valence-corrected chi connectivity index (χ4v) is 3.81. The minimum absolute atomic E-state index is 0.00428. The highest BCUT2D eigenvalue weighted by Crippen LogP contribution is 2.24. The van der Waals surface area contributed by atoms with Crippen molar-refractivity contribution in [1.29, 1.82) is 0 Å². The topological polar surface area (TPSA) is 61.4 Å². The third kappa shape index (κ3) is 5.26. The number of hydrogen-bond acceptors (Lipinski definition) is 5. The number of carbonyl (C=O) groups is 1. The number of pyridine rings is 2. The van der Waals surface area contributed by atoms with Crippen LogP contribution in [-0.4, -0.2) is 53.5 Å².